The van der Waals surface area contributed by atoms with Crippen LogP contribution in [0.2, 0.25) is 0 Å². The molecular weight excluding hydrogens is 296 g/mol. The largest absolute Gasteiger partial charge is 0.381 e. The minimum absolute atomic E-state index is 0.0948. The van der Waals surface area contributed by atoms with Gasteiger partial charge in [-0.15, -0.1) is 0 Å². The summed E-state index contributed by atoms with van der Waals surface area (Å²) in [5, 5.41) is 7.46. The molecule has 22 heavy (non-hydrogen) atoms. The van der Waals surface area contributed by atoms with Crippen molar-refractivity contribution >= 4 is 17.2 Å². The summed E-state index contributed by atoms with van der Waals surface area (Å²) in [6.45, 7) is 8.49. The van der Waals surface area contributed by atoms with Crippen LogP contribution in [0, 0.1) is 11.3 Å². The van der Waals surface area contributed by atoms with E-state index in [-0.39, 0.29) is 23.3 Å². The monoisotopic (exact) mass is 322 g/mol. The highest BCUT2D eigenvalue weighted by atomic mass is 32.1. The molecule has 1 aromatic rings. The van der Waals surface area contributed by atoms with Gasteiger partial charge in [0, 0.05) is 44.3 Å². The Labute approximate surface area is 136 Å². The number of amides is 1. The Morgan fingerprint density at radius 3 is 2.91 bits per heavy atom. The Morgan fingerprint density at radius 1 is 1.50 bits per heavy atom. The van der Waals surface area contributed by atoms with Crippen LogP contribution in [-0.2, 0) is 16.1 Å². The Balaban J connectivity index is 1.74. The maximum absolute atomic E-state index is 12.7. The zero-order valence-electron chi connectivity index (χ0n) is 13.5. The molecule has 0 aliphatic carbocycles. The van der Waals surface area contributed by atoms with Gasteiger partial charge in [0.1, 0.15) is 0 Å². The lowest BCUT2D eigenvalue weighted by Gasteiger charge is -2.37. The highest BCUT2D eigenvalue weighted by Crippen LogP contribution is 2.44. The van der Waals surface area contributed by atoms with E-state index in [1.165, 1.54) is 5.56 Å². The zero-order chi connectivity index (χ0) is 15.6. The molecule has 1 spiro atoms. The molecule has 0 radical (unpaired) electrons. The third kappa shape index (κ3) is 3.36. The van der Waals surface area contributed by atoms with Gasteiger partial charge in [-0.25, -0.2) is 0 Å². The Bertz CT molecular complexity index is 495. The molecule has 2 fully saturated rings. The predicted octanol–water partition coefficient (Wildman–Crippen LogP) is 2.50. The molecule has 2 aliphatic heterocycles. The Hall–Kier alpha value is -0.910. The maximum Gasteiger partial charge on any atom is 0.225 e. The summed E-state index contributed by atoms with van der Waals surface area (Å²) >= 11 is 1.74. The van der Waals surface area contributed by atoms with Crippen molar-refractivity contribution in [2.24, 2.45) is 11.3 Å². The van der Waals surface area contributed by atoms with Crippen molar-refractivity contribution < 1.29 is 9.53 Å². The highest BCUT2D eigenvalue weighted by molar-refractivity contribution is 7.07. The summed E-state index contributed by atoms with van der Waals surface area (Å²) in [4.78, 5) is 15.2. The number of nitrogens with zero attached hydrogens (tertiary/aromatic N) is 1. The minimum Gasteiger partial charge on any atom is -0.381 e. The molecule has 122 valence electrons. The molecule has 1 amide bonds. The smallest absolute Gasteiger partial charge is 0.225 e. The SMILES string of the molecule is CC(C)NC(=O)C1CN(Cc2ccsc2)CC12CCOCC2. The molecule has 0 bridgehead atoms. The molecule has 3 rings (SSSR count). The summed E-state index contributed by atoms with van der Waals surface area (Å²) in [6.07, 6.45) is 2.01. The molecule has 4 nitrogen and oxygen atoms in total. The third-order valence-corrected chi connectivity index (χ3v) is 5.67. The van der Waals surface area contributed by atoms with Gasteiger partial charge in [0.2, 0.25) is 5.91 Å². The van der Waals surface area contributed by atoms with Crippen LogP contribution < -0.4 is 5.32 Å². The first kappa shape index (κ1) is 16.0. The summed E-state index contributed by atoms with van der Waals surface area (Å²) in [5.74, 6) is 0.321. The number of carbonyl (C=O) groups excluding carboxylic acids is 1. The number of hydrogen-bond acceptors (Lipinski definition) is 4. The van der Waals surface area contributed by atoms with E-state index in [2.05, 4.69) is 27.0 Å². The van der Waals surface area contributed by atoms with Crippen LogP contribution in [0.4, 0.5) is 0 Å². The molecular formula is C17H26N2O2S. The van der Waals surface area contributed by atoms with E-state index in [1.807, 2.05) is 13.8 Å². The lowest BCUT2D eigenvalue weighted by Crippen LogP contribution is -2.46. The van der Waals surface area contributed by atoms with Gasteiger partial charge in [-0.3, -0.25) is 9.69 Å². The fourth-order valence-electron chi connectivity index (χ4n) is 3.86. The Kier molecular flexibility index (Phi) is 4.85. The van der Waals surface area contributed by atoms with Crippen molar-refractivity contribution in [3.05, 3.63) is 22.4 Å². The number of ether oxygens (including phenoxy) is 1. The van der Waals surface area contributed by atoms with E-state index in [1.54, 1.807) is 11.3 Å². The fraction of sp³-hybridized carbons (Fsp3) is 0.706. The minimum atomic E-state index is 0.0948. The molecule has 0 aromatic carbocycles. The molecule has 1 aromatic heterocycles. The van der Waals surface area contributed by atoms with Crippen LogP contribution in [0.25, 0.3) is 0 Å². The number of nitrogens with one attached hydrogen (secondary N) is 1. The molecule has 5 heteroatoms. The average Bonchev–Trinajstić information content (AvgIpc) is 3.08. The van der Waals surface area contributed by atoms with Crippen LogP contribution in [0.15, 0.2) is 16.8 Å². The first-order valence-electron chi connectivity index (χ1n) is 8.21. The molecule has 1 atom stereocenters. The van der Waals surface area contributed by atoms with Gasteiger partial charge in [-0.05, 0) is 49.1 Å². The van der Waals surface area contributed by atoms with Gasteiger partial charge in [-0.2, -0.15) is 11.3 Å². The van der Waals surface area contributed by atoms with Crippen LogP contribution in [0.1, 0.15) is 32.3 Å². The number of rotatable bonds is 4. The van der Waals surface area contributed by atoms with Gasteiger partial charge >= 0.3 is 0 Å². The standard InChI is InChI=1S/C17H26N2O2S/c1-13(2)18-16(20)15-10-19(9-14-3-8-22-11-14)12-17(15)4-6-21-7-5-17/h3,8,11,13,15H,4-7,9-10,12H2,1-2H3,(H,18,20). The molecule has 1 unspecified atom stereocenters. The second-order valence-corrected chi connectivity index (χ2v) is 7.77. The number of likely N-dealkylation sites (tertiary alicyclic amines) is 1. The molecule has 3 heterocycles. The van der Waals surface area contributed by atoms with E-state index < -0.39 is 0 Å². The molecule has 1 N–H and O–H groups in total. The van der Waals surface area contributed by atoms with Gasteiger partial charge in [0.15, 0.2) is 0 Å². The van der Waals surface area contributed by atoms with Crippen LogP contribution in [-0.4, -0.2) is 43.2 Å². The average molecular weight is 322 g/mol. The van der Waals surface area contributed by atoms with Crippen LogP contribution >= 0.6 is 11.3 Å². The van der Waals surface area contributed by atoms with E-state index in [9.17, 15) is 4.79 Å². The first-order valence-corrected chi connectivity index (χ1v) is 9.15. The van der Waals surface area contributed by atoms with Crippen molar-refractivity contribution in [2.75, 3.05) is 26.3 Å². The van der Waals surface area contributed by atoms with E-state index in [4.69, 9.17) is 4.74 Å². The number of hydrogen-bond donors (Lipinski definition) is 1. The van der Waals surface area contributed by atoms with Crippen LogP contribution in [0.3, 0.4) is 0 Å². The Morgan fingerprint density at radius 2 is 2.27 bits per heavy atom. The van der Waals surface area contributed by atoms with Gasteiger partial charge in [-0.1, -0.05) is 0 Å². The normalized spacial score (nSPS) is 25.0. The fourth-order valence-corrected chi connectivity index (χ4v) is 4.52. The maximum atomic E-state index is 12.7. The van der Waals surface area contributed by atoms with Gasteiger partial charge in [0.25, 0.3) is 0 Å². The second-order valence-electron chi connectivity index (χ2n) is 6.99. The van der Waals surface area contributed by atoms with Crippen molar-refractivity contribution in [3.8, 4) is 0 Å². The summed E-state index contributed by atoms with van der Waals surface area (Å²) in [6, 6.07) is 2.39. The quantitative estimate of drug-likeness (QED) is 0.926. The first-order chi connectivity index (χ1) is 10.6. The molecule has 0 saturated carbocycles. The lowest BCUT2D eigenvalue weighted by atomic mass is 9.71. The molecule has 2 aliphatic rings. The highest BCUT2D eigenvalue weighted by Gasteiger charge is 2.50. The second kappa shape index (κ2) is 6.69. The summed E-state index contributed by atoms with van der Waals surface area (Å²) in [5.41, 5.74) is 1.46. The van der Waals surface area contributed by atoms with Crippen molar-refractivity contribution in [2.45, 2.75) is 39.3 Å². The topological polar surface area (TPSA) is 41.6 Å². The molecule has 2 saturated heterocycles. The lowest BCUT2D eigenvalue weighted by molar-refractivity contribution is -0.130. The van der Waals surface area contributed by atoms with E-state index >= 15 is 0 Å². The van der Waals surface area contributed by atoms with Crippen molar-refractivity contribution in [1.82, 2.24) is 10.2 Å². The van der Waals surface area contributed by atoms with E-state index in [0.717, 1.165) is 45.7 Å². The van der Waals surface area contributed by atoms with Crippen LogP contribution in [0.5, 0.6) is 0 Å². The number of thiophene rings is 1. The third-order valence-electron chi connectivity index (χ3n) is 4.94. The summed E-state index contributed by atoms with van der Waals surface area (Å²) < 4.78 is 5.56. The van der Waals surface area contributed by atoms with Gasteiger partial charge in [0.05, 0.1) is 5.92 Å². The van der Waals surface area contributed by atoms with Crippen molar-refractivity contribution in [1.29, 1.82) is 0 Å². The number of carbonyl (C=O) groups is 1. The van der Waals surface area contributed by atoms with Gasteiger partial charge < -0.3 is 10.1 Å². The summed E-state index contributed by atoms with van der Waals surface area (Å²) in [7, 11) is 0. The predicted molar refractivity (Wildman–Crippen MR) is 88.9 cm³/mol. The zero-order valence-corrected chi connectivity index (χ0v) is 14.3. The van der Waals surface area contributed by atoms with Crippen molar-refractivity contribution in [3.63, 3.8) is 0 Å². The van der Waals surface area contributed by atoms with E-state index in [0.29, 0.717) is 0 Å².